The van der Waals surface area contributed by atoms with Crippen LogP contribution in [-0.2, 0) is 12.8 Å². The third-order valence-corrected chi connectivity index (χ3v) is 4.98. The van der Waals surface area contributed by atoms with Gasteiger partial charge in [-0.05, 0) is 12.0 Å². The number of halogens is 2. The van der Waals surface area contributed by atoms with E-state index in [0.717, 1.165) is 5.56 Å². The third-order valence-electron chi connectivity index (χ3n) is 4.04. The molecule has 2 aromatic rings. The van der Waals surface area contributed by atoms with E-state index >= 15 is 0 Å². The van der Waals surface area contributed by atoms with Crippen molar-refractivity contribution in [2.45, 2.75) is 35.8 Å². The zero-order valence-electron chi connectivity index (χ0n) is 12.2. The number of hydrogen-bond acceptors (Lipinski definition) is 4. The van der Waals surface area contributed by atoms with Gasteiger partial charge in [0.15, 0.2) is 5.43 Å². The summed E-state index contributed by atoms with van der Waals surface area (Å²) in [5.74, 6) is 0.635. The molecule has 1 aliphatic rings. The summed E-state index contributed by atoms with van der Waals surface area (Å²) < 4.78 is 5.72. The van der Waals surface area contributed by atoms with Crippen LogP contribution in [0.3, 0.4) is 0 Å². The molecule has 0 aliphatic heterocycles. The van der Waals surface area contributed by atoms with Crippen molar-refractivity contribution in [3.63, 3.8) is 0 Å². The summed E-state index contributed by atoms with van der Waals surface area (Å²) in [6, 6.07) is 11.2. The smallest absolute Gasteiger partial charge is 0.190 e. The number of alkyl halides is 2. The summed E-state index contributed by atoms with van der Waals surface area (Å²) in [7, 11) is 0. The van der Waals surface area contributed by atoms with Gasteiger partial charge in [0, 0.05) is 12.5 Å². The first-order valence-electron chi connectivity index (χ1n) is 7.34. The molecule has 0 fully saturated rings. The van der Waals surface area contributed by atoms with Crippen LogP contribution in [0.5, 0.6) is 0 Å². The van der Waals surface area contributed by atoms with Crippen molar-refractivity contribution in [1.29, 1.82) is 0 Å². The van der Waals surface area contributed by atoms with E-state index in [1.807, 2.05) is 30.3 Å². The lowest BCUT2D eigenvalue weighted by Gasteiger charge is -2.32. The van der Waals surface area contributed by atoms with E-state index < -0.39 is 23.0 Å². The molecule has 2 N–H and O–H groups in total. The molecular formula is C17H16Cl2O4. The maximum atomic E-state index is 12.3. The number of hydrogen-bond donors (Lipinski definition) is 2. The molecule has 0 spiro atoms. The van der Waals surface area contributed by atoms with Gasteiger partial charge in [-0.3, -0.25) is 4.79 Å². The van der Waals surface area contributed by atoms with Crippen molar-refractivity contribution in [2.75, 3.05) is 0 Å². The van der Waals surface area contributed by atoms with Crippen LogP contribution in [0.15, 0.2) is 45.6 Å². The van der Waals surface area contributed by atoms with Crippen LogP contribution in [0.2, 0.25) is 0 Å². The van der Waals surface area contributed by atoms with E-state index in [2.05, 4.69) is 0 Å². The van der Waals surface area contributed by atoms with Gasteiger partial charge in [0.25, 0.3) is 0 Å². The van der Waals surface area contributed by atoms with Gasteiger partial charge in [-0.1, -0.05) is 30.3 Å². The minimum Gasteiger partial charge on any atom is -0.464 e. The minimum absolute atomic E-state index is 0.132. The monoisotopic (exact) mass is 354 g/mol. The molecule has 0 bridgehead atoms. The Kier molecular flexibility index (Phi) is 4.78. The van der Waals surface area contributed by atoms with Gasteiger partial charge >= 0.3 is 0 Å². The number of benzene rings is 1. The van der Waals surface area contributed by atoms with E-state index in [1.165, 1.54) is 6.07 Å². The first-order chi connectivity index (χ1) is 11.0. The summed E-state index contributed by atoms with van der Waals surface area (Å²) in [5, 5.41) is 17.8. The number of fused-ring (bicyclic) bond motifs is 1. The molecular weight excluding hydrogens is 339 g/mol. The molecule has 1 aliphatic carbocycles. The topological polar surface area (TPSA) is 70.7 Å². The van der Waals surface area contributed by atoms with Crippen molar-refractivity contribution in [2.24, 2.45) is 0 Å². The molecule has 1 heterocycles. The summed E-state index contributed by atoms with van der Waals surface area (Å²) in [4.78, 5) is 12.3. The molecule has 0 amide bonds. The SMILES string of the molecule is O=c1cc(CCc2ccccc2)oc2c1C(Cl)C(O)C(O)C2Cl. The van der Waals surface area contributed by atoms with Crippen LogP contribution in [-0.4, -0.2) is 22.4 Å². The Morgan fingerprint density at radius 1 is 1.00 bits per heavy atom. The Labute approximate surface area is 143 Å². The maximum absolute atomic E-state index is 12.3. The second-order valence-corrected chi connectivity index (χ2v) is 6.57. The number of aliphatic hydroxyl groups excluding tert-OH is 2. The third kappa shape index (κ3) is 3.17. The molecule has 1 aromatic heterocycles. The van der Waals surface area contributed by atoms with Gasteiger partial charge in [0.05, 0.1) is 10.9 Å². The standard InChI is InChI=1S/C17H16Cl2O4/c18-13-12-11(20)8-10(7-6-9-4-2-1-3-5-9)23-17(12)14(19)16(22)15(13)21/h1-5,8,13-16,21-22H,6-7H2. The van der Waals surface area contributed by atoms with Gasteiger partial charge in [0.1, 0.15) is 29.1 Å². The Bertz CT molecular complexity index is 744. The first-order valence-corrected chi connectivity index (χ1v) is 8.21. The van der Waals surface area contributed by atoms with Crippen LogP contribution in [0, 0.1) is 0 Å². The average Bonchev–Trinajstić information content (AvgIpc) is 2.56. The fraction of sp³-hybridized carbons (Fsp3) is 0.353. The largest absolute Gasteiger partial charge is 0.464 e. The normalized spacial score (nSPS) is 26.8. The van der Waals surface area contributed by atoms with E-state index in [-0.39, 0.29) is 16.8 Å². The van der Waals surface area contributed by atoms with Crippen LogP contribution in [0.4, 0.5) is 0 Å². The Hall–Kier alpha value is -1.33. The van der Waals surface area contributed by atoms with Gasteiger partial charge in [-0.15, -0.1) is 23.2 Å². The average molecular weight is 355 g/mol. The quantitative estimate of drug-likeness (QED) is 0.831. The molecule has 23 heavy (non-hydrogen) atoms. The molecule has 3 rings (SSSR count). The fourth-order valence-corrected chi connectivity index (χ4v) is 3.43. The van der Waals surface area contributed by atoms with Gasteiger partial charge in [0.2, 0.25) is 0 Å². The number of aliphatic hydroxyl groups is 2. The van der Waals surface area contributed by atoms with Crippen LogP contribution >= 0.6 is 23.2 Å². The molecule has 4 atom stereocenters. The predicted molar refractivity (Wildman–Crippen MR) is 88.0 cm³/mol. The first kappa shape index (κ1) is 16.5. The lowest BCUT2D eigenvalue weighted by Crippen LogP contribution is -2.40. The highest BCUT2D eigenvalue weighted by atomic mass is 35.5. The maximum Gasteiger partial charge on any atom is 0.190 e. The summed E-state index contributed by atoms with van der Waals surface area (Å²) >= 11 is 12.2. The van der Waals surface area contributed by atoms with E-state index in [9.17, 15) is 15.0 Å². The fourth-order valence-electron chi connectivity index (χ4n) is 2.76. The van der Waals surface area contributed by atoms with Crippen molar-refractivity contribution in [1.82, 2.24) is 0 Å². The van der Waals surface area contributed by atoms with Crippen molar-refractivity contribution in [3.8, 4) is 0 Å². The molecule has 1 aromatic carbocycles. The summed E-state index contributed by atoms with van der Waals surface area (Å²) in [5.41, 5.74) is 0.930. The van der Waals surface area contributed by atoms with Gasteiger partial charge < -0.3 is 14.6 Å². The van der Waals surface area contributed by atoms with Crippen molar-refractivity contribution in [3.05, 3.63) is 69.3 Å². The second-order valence-electron chi connectivity index (χ2n) is 5.63. The molecule has 6 heteroatoms. The molecule has 0 radical (unpaired) electrons. The number of aryl methyl sites for hydroxylation is 2. The summed E-state index contributed by atoms with van der Waals surface area (Å²) in [6.07, 6.45) is -1.34. The lowest BCUT2D eigenvalue weighted by atomic mass is 9.91. The van der Waals surface area contributed by atoms with E-state index in [0.29, 0.717) is 18.6 Å². The minimum atomic E-state index is -1.30. The zero-order valence-corrected chi connectivity index (χ0v) is 13.7. The second kappa shape index (κ2) is 6.65. The zero-order chi connectivity index (χ0) is 16.6. The Morgan fingerprint density at radius 3 is 2.35 bits per heavy atom. The highest BCUT2D eigenvalue weighted by molar-refractivity contribution is 6.24. The Morgan fingerprint density at radius 2 is 1.65 bits per heavy atom. The molecule has 0 saturated carbocycles. The Balaban J connectivity index is 1.91. The molecule has 4 unspecified atom stereocenters. The van der Waals surface area contributed by atoms with Crippen molar-refractivity contribution < 1.29 is 14.6 Å². The molecule has 122 valence electrons. The van der Waals surface area contributed by atoms with E-state index in [1.54, 1.807) is 0 Å². The van der Waals surface area contributed by atoms with Crippen LogP contribution < -0.4 is 5.43 Å². The van der Waals surface area contributed by atoms with Gasteiger partial charge in [-0.2, -0.15) is 0 Å². The van der Waals surface area contributed by atoms with Crippen molar-refractivity contribution >= 4 is 23.2 Å². The predicted octanol–water partition coefficient (Wildman–Crippen LogP) is 2.72. The molecule has 0 saturated heterocycles. The highest BCUT2D eigenvalue weighted by Gasteiger charge is 2.43. The number of rotatable bonds is 3. The summed E-state index contributed by atoms with van der Waals surface area (Å²) in [6.45, 7) is 0. The highest BCUT2D eigenvalue weighted by Crippen LogP contribution is 2.42. The lowest BCUT2D eigenvalue weighted by molar-refractivity contribution is 0.00162. The molecule has 4 nitrogen and oxygen atoms in total. The van der Waals surface area contributed by atoms with Crippen LogP contribution in [0.1, 0.15) is 33.4 Å². The van der Waals surface area contributed by atoms with E-state index in [4.69, 9.17) is 27.6 Å². The van der Waals surface area contributed by atoms with Gasteiger partial charge in [-0.25, -0.2) is 0 Å². The van der Waals surface area contributed by atoms with Crippen LogP contribution in [0.25, 0.3) is 0 Å².